The maximum Gasteiger partial charge on any atom is 0.224 e. The molecule has 0 atom stereocenters. The number of amides is 1. The second kappa shape index (κ2) is 9.11. The number of benzene rings is 2. The maximum atomic E-state index is 12.0. The van der Waals surface area contributed by atoms with Crippen LogP contribution in [0.1, 0.15) is 37.8 Å². The first-order valence-electron chi connectivity index (χ1n) is 8.61. The van der Waals surface area contributed by atoms with Gasteiger partial charge in [0.15, 0.2) is 0 Å². The van der Waals surface area contributed by atoms with E-state index in [0.717, 1.165) is 24.3 Å². The van der Waals surface area contributed by atoms with Gasteiger partial charge in [-0.1, -0.05) is 43.7 Å². The minimum absolute atomic E-state index is 0.0537. The molecule has 0 spiro atoms. The topological polar surface area (TPSA) is 38.3 Å². The minimum atomic E-state index is 0.0537. The van der Waals surface area contributed by atoms with E-state index in [1.54, 1.807) is 0 Å². The molecular weight excluding hydrogens is 298 g/mol. The van der Waals surface area contributed by atoms with Crippen LogP contribution in [0.5, 0.6) is 5.75 Å². The van der Waals surface area contributed by atoms with Crippen LogP contribution in [-0.4, -0.2) is 12.5 Å². The summed E-state index contributed by atoms with van der Waals surface area (Å²) in [4.78, 5) is 12.0. The summed E-state index contributed by atoms with van der Waals surface area (Å²) in [6.07, 6.45) is 2.31. The van der Waals surface area contributed by atoms with Crippen LogP contribution < -0.4 is 10.1 Å². The van der Waals surface area contributed by atoms with E-state index < -0.39 is 0 Å². The third-order valence-corrected chi connectivity index (χ3v) is 3.71. The molecule has 0 aliphatic carbocycles. The Balaban J connectivity index is 1.72. The third kappa shape index (κ3) is 6.45. The zero-order valence-corrected chi connectivity index (χ0v) is 14.8. The van der Waals surface area contributed by atoms with Crippen LogP contribution in [0.2, 0.25) is 0 Å². The summed E-state index contributed by atoms with van der Waals surface area (Å²) >= 11 is 0. The Morgan fingerprint density at radius 2 is 1.71 bits per heavy atom. The highest BCUT2D eigenvalue weighted by Gasteiger charge is 2.04. The average molecular weight is 325 g/mol. The molecule has 0 radical (unpaired) electrons. The Hall–Kier alpha value is -2.29. The first-order valence-corrected chi connectivity index (χ1v) is 8.61. The molecule has 0 aliphatic heterocycles. The smallest absolute Gasteiger partial charge is 0.224 e. The number of carbonyl (C=O) groups is 1. The number of hydrogen-bond acceptors (Lipinski definition) is 2. The molecule has 0 unspecified atom stereocenters. The number of carbonyl (C=O) groups excluding carboxylic acids is 1. The highest BCUT2D eigenvalue weighted by atomic mass is 16.5. The number of aryl methyl sites for hydroxylation is 2. The van der Waals surface area contributed by atoms with Crippen molar-refractivity contribution in [2.24, 2.45) is 5.92 Å². The lowest BCUT2D eigenvalue weighted by molar-refractivity contribution is -0.116. The number of rotatable bonds is 8. The van der Waals surface area contributed by atoms with Gasteiger partial charge in [0, 0.05) is 12.1 Å². The molecule has 0 aromatic heterocycles. The Bertz CT molecular complexity index is 630. The molecule has 2 aromatic carbocycles. The standard InChI is InChI=1S/C21H27NO2/c1-16(2)15-24-20-13-11-19(12-14-20)22-21(23)6-4-5-18-9-7-17(3)8-10-18/h7-14,16H,4-6,15H2,1-3H3,(H,22,23). The van der Waals surface area contributed by atoms with Gasteiger partial charge in [0.2, 0.25) is 5.91 Å². The lowest BCUT2D eigenvalue weighted by atomic mass is 10.1. The summed E-state index contributed by atoms with van der Waals surface area (Å²) < 4.78 is 5.64. The Kier molecular flexibility index (Phi) is 6.86. The van der Waals surface area contributed by atoms with Crippen molar-refractivity contribution in [2.45, 2.75) is 40.0 Å². The van der Waals surface area contributed by atoms with Gasteiger partial charge in [0.05, 0.1) is 6.61 Å². The van der Waals surface area contributed by atoms with E-state index in [1.807, 2.05) is 24.3 Å². The Morgan fingerprint density at radius 1 is 1.04 bits per heavy atom. The third-order valence-electron chi connectivity index (χ3n) is 3.71. The number of anilines is 1. The lowest BCUT2D eigenvalue weighted by Crippen LogP contribution is -2.11. The summed E-state index contributed by atoms with van der Waals surface area (Å²) in [5.41, 5.74) is 3.35. The summed E-state index contributed by atoms with van der Waals surface area (Å²) in [6, 6.07) is 16.0. The van der Waals surface area contributed by atoms with Gasteiger partial charge in [-0.3, -0.25) is 4.79 Å². The molecular formula is C21H27NO2. The number of hydrogen-bond donors (Lipinski definition) is 1. The van der Waals surface area contributed by atoms with Gasteiger partial charge < -0.3 is 10.1 Å². The SMILES string of the molecule is Cc1ccc(CCCC(=O)Nc2ccc(OCC(C)C)cc2)cc1. The fourth-order valence-electron chi connectivity index (χ4n) is 2.33. The molecule has 3 heteroatoms. The van der Waals surface area contributed by atoms with Crippen molar-refractivity contribution in [3.63, 3.8) is 0 Å². The predicted octanol–water partition coefficient (Wildman–Crippen LogP) is 4.99. The molecule has 0 aliphatic rings. The van der Waals surface area contributed by atoms with Crippen LogP contribution in [0, 0.1) is 12.8 Å². The second-order valence-electron chi connectivity index (χ2n) is 6.62. The van der Waals surface area contributed by atoms with E-state index >= 15 is 0 Å². The van der Waals surface area contributed by atoms with Crippen molar-refractivity contribution in [3.05, 3.63) is 59.7 Å². The molecule has 1 N–H and O–H groups in total. The zero-order valence-electron chi connectivity index (χ0n) is 14.8. The average Bonchev–Trinajstić information content (AvgIpc) is 2.56. The predicted molar refractivity (Wildman–Crippen MR) is 99.5 cm³/mol. The van der Waals surface area contributed by atoms with E-state index in [0.29, 0.717) is 18.9 Å². The monoisotopic (exact) mass is 325 g/mol. The molecule has 2 aromatic rings. The summed E-state index contributed by atoms with van der Waals surface area (Å²) in [5.74, 6) is 1.39. The van der Waals surface area contributed by atoms with E-state index in [9.17, 15) is 4.79 Å². The van der Waals surface area contributed by atoms with Crippen LogP contribution in [0.15, 0.2) is 48.5 Å². The van der Waals surface area contributed by atoms with Crippen molar-refractivity contribution in [3.8, 4) is 5.75 Å². The largest absolute Gasteiger partial charge is 0.493 e. The van der Waals surface area contributed by atoms with Crippen LogP contribution in [-0.2, 0) is 11.2 Å². The summed E-state index contributed by atoms with van der Waals surface area (Å²) in [7, 11) is 0. The lowest BCUT2D eigenvalue weighted by Gasteiger charge is -2.10. The van der Waals surface area contributed by atoms with Crippen LogP contribution >= 0.6 is 0 Å². The van der Waals surface area contributed by atoms with Gasteiger partial charge in [-0.25, -0.2) is 0 Å². The van der Waals surface area contributed by atoms with Crippen molar-refractivity contribution in [2.75, 3.05) is 11.9 Å². The van der Waals surface area contributed by atoms with Gasteiger partial charge in [0.1, 0.15) is 5.75 Å². The van der Waals surface area contributed by atoms with Gasteiger partial charge in [-0.05, 0) is 55.5 Å². The van der Waals surface area contributed by atoms with Crippen LogP contribution in [0.25, 0.3) is 0 Å². The van der Waals surface area contributed by atoms with E-state index in [2.05, 4.69) is 50.4 Å². The minimum Gasteiger partial charge on any atom is -0.493 e. The molecule has 0 heterocycles. The molecule has 2 rings (SSSR count). The summed E-state index contributed by atoms with van der Waals surface area (Å²) in [6.45, 7) is 7.01. The van der Waals surface area contributed by atoms with Crippen LogP contribution in [0.4, 0.5) is 5.69 Å². The van der Waals surface area contributed by atoms with Gasteiger partial charge >= 0.3 is 0 Å². The van der Waals surface area contributed by atoms with E-state index in [-0.39, 0.29) is 5.91 Å². The maximum absolute atomic E-state index is 12.0. The Morgan fingerprint density at radius 3 is 2.33 bits per heavy atom. The molecule has 3 nitrogen and oxygen atoms in total. The molecule has 1 amide bonds. The molecule has 0 saturated heterocycles. The highest BCUT2D eigenvalue weighted by Crippen LogP contribution is 2.17. The fraction of sp³-hybridized carbons (Fsp3) is 0.381. The quantitative estimate of drug-likeness (QED) is 0.742. The van der Waals surface area contributed by atoms with Crippen molar-refractivity contribution < 1.29 is 9.53 Å². The number of nitrogens with one attached hydrogen (secondary N) is 1. The first kappa shape index (κ1) is 18.1. The second-order valence-corrected chi connectivity index (χ2v) is 6.62. The zero-order chi connectivity index (χ0) is 17.4. The number of ether oxygens (including phenoxy) is 1. The molecule has 24 heavy (non-hydrogen) atoms. The molecule has 0 saturated carbocycles. The van der Waals surface area contributed by atoms with Crippen LogP contribution in [0.3, 0.4) is 0 Å². The van der Waals surface area contributed by atoms with Crippen molar-refractivity contribution >= 4 is 11.6 Å². The molecule has 0 fully saturated rings. The van der Waals surface area contributed by atoms with Crippen molar-refractivity contribution in [1.82, 2.24) is 0 Å². The highest BCUT2D eigenvalue weighted by molar-refractivity contribution is 5.90. The molecule has 0 bridgehead atoms. The first-order chi connectivity index (χ1) is 11.5. The van der Waals surface area contributed by atoms with Crippen molar-refractivity contribution in [1.29, 1.82) is 0 Å². The molecule has 128 valence electrons. The Labute approximate surface area is 145 Å². The van der Waals surface area contributed by atoms with Gasteiger partial charge in [0.25, 0.3) is 0 Å². The van der Waals surface area contributed by atoms with E-state index in [1.165, 1.54) is 11.1 Å². The van der Waals surface area contributed by atoms with E-state index in [4.69, 9.17) is 4.74 Å². The normalized spacial score (nSPS) is 10.7. The van der Waals surface area contributed by atoms with Gasteiger partial charge in [-0.2, -0.15) is 0 Å². The fourth-order valence-corrected chi connectivity index (χ4v) is 2.33. The van der Waals surface area contributed by atoms with Gasteiger partial charge in [-0.15, -0.1) is 0 Å². The summed E-state index contributed by atoms with van der Waals surface area (Å²) in [5, 5.41) is 2.93.